The Balaban J connectivity index is 1.55. The Labute approximate surface area is 172 Å². The number of sulfonamides is 1. The number of amidine groups is 1. The van der Waals surface area contributed by atoms with Gasteiger partial charge >= 0.3 is 0 Å². The molecule has 0 unspecified atom stereocenters. The van der Waals surface area contributed by atoms with Crippen LogP contribution in [0.2, 0.25) is 0 Å². The van der Waals surface area contributed by atoms with Crippen LogP contribution in [0.3, 0.4) is 0 Å². The van der Waals surface area contributed by atoms with Gasteiger partial charge < -0.3 is 10.1 Å². The van der Waals surface area contributed by atoms with E-state index in [1.165, 1.54) is 12.1 Å². The van der Waals surface area contributed by atoms with Crippen LogP contribution in [0.15, 0.2) is 62.9 Å². The molecular weight excluding hydrogens is 446 g/mol. The highest BCUT2D eigenvalue weighted by Gasteiger charge is 2.18. The summed E-state index contributed by atoms with van der Waals surface area (Å²) < 4.78 is 33.8. The molecule has 1 amide bonds. The summed E-state index contributed by atoms with van der Waals surface area (Å²) in [5.74, 6) is 0.868. The molecule has 148 valence electrons. The Morgan fingerprint density at radius 3 is 2.75 bits per heavy atom. The third kappa shape index (κ3) is 5.80. The first-order valence-corrected chi connectivity index (χ1v) is 11.0. The number of hydrogen-bond acceptors (Lipinski definition) is 5. The molecule has 28 heavy (non-hydrogen) atoms. The van der Waals surface area contributed by atoms with E-state index in [1.807, 2.05) is 18.2 Å². The van der Waals surface area contributed by atoms with Crippen molar-refractivity contribution < 1.29 is 17.9 Å². The van der Waals surface area contributed by atoms with Gasteiger partial charge in [-0.3, -0.25) is 14.5 Å². The molecule has 0 radical (unpaired) electrons. The van der Waals surface area contributed by atoms with Crippen molar-refractivity contribution in [1.82, 2.24) is 4.72 Å². The van der Waals surface area contributed by atoms with E-state index in [0.717, 1.165) is 10.9 Å². The molecule has 0 fully saturated rings. The number of halogens is 1. The van der Waals surface area contributed by atoms with E-state index in [1.54, 1.807) is 18.2 Å². The molecule has 2 aromatic rings. The van der Waals surface area contributed by atoms with E-state index in [4.69, 9.17) is 4.74 Å². The minimum absolute atomic E-state index is 0.0743. The molecule has 2 aromatic carbocycles. The summed E-state index contributed by atoms with van der Waals surface area (Å²) in [6, 6.07) is 13.5. The lowest BCUT2D eigenvalue weighted by Crippen LogP contribution is -2.29. The molecular formula is C19H20BrN3O4S. The van der Waals surface area contributed by atoms with Crippen molar-refractivity contribution >= 4 is 43.4 Å². The van der Waals surface area contributed by atoms with Crippen molar-refractivity contribution in [3.05, 3.63) is 53.0 Å². The highest BCUT2D eigenvalue weighted by atomic mass is 79.9. The zero-order valence-corrected chi connectivity index (χ0v) is 17.4. The number of aliphatic imine (C=N–C) groups is 1. The Bertz CT molecular complexity index is 992. The number of anilines is 1. The minimum atomic E-state index is -3.72. The van der Waals surface area contributed by atoms with Gasteiger partial charge in [0.15, 0.2) is 0 Å². The summed E-state index contributed by atoms with van der Waals surface area (Å²) in [5, 5.41) is 2.70. The van der Waals surface area contributed by atoms with E-state index in [-0.39, 0.29) is 23.8 Å². The third-order valence-corrected chi connectivity index (χ3v) is 5.82. The normalized spacial score (nSPS) is 13.7. The van der Waals surface area contributed by atoms with Crippen LogP contribution >= 0.6 is 15.9 Å². The molecule has 3 rings (SSSR count). The number of amides is 1. The lowest BCUT2D eigenvalue weighted by atomic mass is 10.3. The van der Waals surface area contributed by atoms with Gasteiger partial charge in [0.25, 0.3) is 10.0 Å². The smallest absolute Gasteiger partial charge is 0.262 e. The summed E-state index contributed by atoms with van der Waals surface area (Å²) >= 11 is 3.36. The molecule has 7 nitrogen and oxygen atoms in total. The van der Waals surface area contributed by atoms with Gasteiger partial charge in [0.2, 0.25) is 5.91 Å². The maximum absolute atomic E-state index is 12.5. The standard InChI is InChI=1S/C19H20BrN3O4S/c20-14-4-1-6-16(12-14)27-11-9-19(24)22-15-5-2-7-17(13-15)28(25,26)23-18-8-3-10-21-18/h1-2,4-7,12-13H,3,8-11H2,(H,21,23)(H,22,24). The van der Waals surface area contributed by atoms with E-state index in [0.29, 0.717) is 30.2 Å². The molecule has 0 bridgehead atoms. The highest BCUT2D eigenvalue weighted by Crippen LogP contribution is 2.19. The van der Waals surface area contributed by atoms with Crippen LogP contribution in [-0.4, -0.2) is 33.3 Å². The molecule has 0 aliphatic carbocycles. The fraction of sp³-hybridized carbons (Fsp3) is 0.263. The molecule has 0 saturated heterocycles. The van der Waals surface area contributed by atoms with E-state index in [2.05, 4.69) is 31.0 Å². The first-order chi connectivity index (χ1) is 13.4. The molecule has 1 heterocycles. The number of hydrogen-bond donors (Lipinski definition) is 2. The quantitative estimate of drug-likeness (QED) is 0.654. The molecule has 1 aliphatic heterocycles. The van der Waals surface area contributed by atoms with Crippen LogP contribution in [0.25, 0.3) is 0 Å². The minimum Gasteiger partial charge on any atom is -0.493 e. The maximum Gasteiger partial charge on any atom is 0.262 e. The summed E-state index contributed by atoms with van der Waals surface area (Å²) in [4.78, 5) is 16.3. The number of carbonyl (C=O) groups excluding carboxylic acids is 1. The Morgan fingerprint density at radius 2 is 2.00 bits per heavy atom. The van der Waals surface area contributed by atoms with Gasteiger partial charge in [0.1, 0.15) is 11.6 Å². The first-order valence-electron chi connectivity index (χ1n) is 8.77. The fourth-order valence-electron chi connectivity index (χ4n) is 2.62. The topological polar surface area (TPSA) is 96.9 Å². The second-order valence-corrected chi connectivity index (χ2v) is 8.77. The molecule has 1 aliphatic rings. The second kappa shape index (κ2) is 9.20. The number of rotatable bonds is 7. The summed E-state index contributed by atoms with van der Waals surface area (Å²) in [6.07, 6.45) is 1.60. The number of nitrogens with zero attached hydrogens (tertiary/aromatic N) is 1. The molecule has 0 atom stereocenters. The van der Waals surface area contributed by atoms with Crippen molar-refractivity contribution in [2.75, 3.05) is 18.5 Å². The van der Waals surface area contributed by atoms with Gasteiger partial charge in [-0.05, 0) is 42.8 Å². The lowest BCUT2D eigenvalue weighted by Gasteiger charge is -2.10. The van der Waals surface area contributed by atoms with Crippen LogP contribution < -0.4 is 14.8 Å². The molecule has 0 aromatic heterocycles. The summed E-state index contributed by atoms with van der Waals surface area (Å²) in [6.45, 7) is 0.845. The average molecular weight is 466 g/mol. The van der Waals surface area contributed by atoms with Crippen molar-refractivity contribution in [3.8, 4) is 5.75 Å². The first kappa shape index (κ1) is 20.3. The van der Waals surface area contributed by atoms with Gasteiger partial charge in [-0.15, -0.1) is 0 Å². The number of benzene rings is 2. The molecule has 9 heteroatoms. The predicted molar refractivity (Wildman–Crippen MR) is 111 cm³/mol. The summed E-state index contributed by atoms with van der Waals surface area (Å²) in [5.41, 5.74) is 0.406. The van der Waals surface area contributed by atoms with Crippen LogP contribution in [0.5, 0.6) is 5.75 Å². The number of ether oxygens (including phenoxy) is 1. The molecule has 0 spiro atoms. The van der Waals surface area contributed by atoms with Crippen LogP contribution in [-0.2, 0) is 14.8 Å². The van der Waals surface area contributed by atoms with E-state index >= 15 is 0 Å². The van der Waals surface area contributed by atoms with Crippen molar-refractivity contribution in [3.63, 3.8) is 0 Å². The van der Waals surface area contributed by atoms with Crippen molar-refractivity contribution in [2.45, 2.75) is 24.2 Å². The van der Waals surface area contributed by atoms with Crippen LogP contribution in [0.4, 0.5) is 5.69 Å². The number of carbonyl (C=O) groups is 1. The van der Waals surface area contributed by atoms with Gasteiger partial charge in [0.05, 0.1) is 17.9 Å². The fourth-order valence-corrected chi connectivity index (χ4v) is 4.13. The maximum atomic E-state index is 12.5. The third-order valence-electron chi connectivity index (χ3n) is 3.95. The van der Waals surface area contributed by atoms with Gasteiger partial charge in [-0.25, -0.2) is 8.42 Å². The highest BCUT2D eigenvalue weighted by molar-refractivity contribution is 9.10. The van der Waals surface area contributed by atoms with Gasteiger partial charge in [0, 0.05) is 23.1 Å². The van der Waals surface area contributed by atoms with Crippen molar-refractivity contribution in [2.24, 2.45) is 4.99 Å². The van der Waals surface area contributed by atoms with Gasteiger partial charge in [-0.1, -0.05) is 28.1 Å². The second-order valence-electron chi connectivity index (χ2n) is 6.17. The summed E-state index contributed by atoms with van der Waals surface area (Å²) in [7, 11) is -3.72. The molecule has 0 saturated carbocycles. The Morgan fingerprint density at radius 1 is 1.18 bits per heavy atom. The van der Waals surface area contributed by atoms with Crippen LogP contribution in [0.1, 0.15) is 19.3 Å². The average Bonchev–Trinajstić information content (AvgIpc) is 3.14. The van der Waals surface area contributed by atoms with Crippen molar-refractivity contribution in [1.29, 1.82) is 0 Å². The Kier molecular flexibility index (Phi) is 6.69. The van der Waals surface area contributed by atoms with Gasteiger partial charge in [-0.2, -0.15) is 0 Å². The predicted octanol–water partition coefficient (Wildman–Crippen LogP) is 3.33. The Hall–Kier alpha value is -2.39. The lowest BCUT2D eigenvalue weighted by molar-refractivity contribution is -0.116. The van der Waals surface area contributed by atoms with E-state index in [9.17, 15) is 13.2 Å². The van der Waals surface area contributed by atoms with Crippen LogP contribution in [0, 0.1) is 0 Å². The molecule has 2 N–H and O–H groups in total. The zero-order valence-electron chi connectivity index (χ0n) is 15.0. The largest absolute Gasteiger partial charge is 0.493 e. The zero-order chi connectivity index (χ0) is 20.0. The monoisotopic (exact) mass is 465 g/mol. The van der Waals surface area contributed by atoms with E-state index < -0.39 is 10.0 Å². The number of nitrogens with one attached hydrogen (secondary N) is 2. The SMILES string of the molecule is O=C(CCOc1cccc(Br)c1)Nc1cccc(S(=O)(=O)NC2=NCCC2)c1.